The predicted octanol–water partition coefficient (Wildman–Crippen LogP) is 2.54. The highest BCUT2D eigenvalue weighted by atomic mass is 16.5. The van der Waals surface area contributed by atoms with Crippen molar-refractivity contribution in [2.75, 3.05) is 24.6 Å². The molecule has 1 N–H and O–H groups in total. The summed E-state index contributed by atoms with van der Waals surface area (Å²) in [6, 6.07) is 9.96. The number of ether oxygens (including phenoxy) is 1. The molecule has 1 aromatic rings. The van der Waals surface area contributed by atoms with Crippen LogP contribution in [0.2, 0.25) is 0 Å². The Morgan fingerprint density at radius 3 is 2.74 bits per heavy atom. The smallest absolute Gasteiger partial charge is 0.305 e. The number of carbonyl (C=O) groups is 1. The van der Waals surface area contributed by atoms with Gasteiger partial charge in [-0.15, -0.1) is 0 Å². The molecule has 0 amide bonds. The van der Waals surface area contributed by atoms with Crippen LogP contribution in [0.3, 0.4) is 0 Å². The van der Waals surface area contributed by atoms with Crippen molar-refractivity contribution < 1.29 is 14.6 Å². The highest BCUT2D eigenvalue weighted by Gasteiger charge is 2.18. The molecule has 1 aliphatic heterocycles. The van der Waals surface area contributed by atoms with E-state index in [9.17, 15) is 4.79 Å². The van der Waals surface area contributed by atoms with Crippen molar-refractivity contribution >= 4 is 11.7 Å². The van der Waals surface area contributed by atoms with Gasteiger partial charge in [-0.05, 0) is 31.4 Å². The topological polar surface area (TPSA) is 49.8 Å². The zero-order valence-electron chi connectivity index (χ0n) is 11.1. The maximum Gasteiger partial charge on any atom is 0.305 e. The molecule has 1 atom stereocenters. The maximum absolute atomic E-state index is 10.8. The third kappa shape index (κ3) is 4.56. The molecule has 1 heterocycles. The van der Waals surface area contributed by atoms with Crippen molar-refractivity contribution in [1.29, 1.82) is 0 Å². The van der Waals surface area contributed by atoms with E-state index < -0.39 is 5.97 Å². The van der Waals surface area contributed by atoms with E-state index in [0.29, 0.717) is 6.54 Å². The summed E-state index contributed by atoms with van der Waals surface area (Å²) in [5, 5.41) is 8.86. The molecule has 4 heteroatoms. The van der Waals surface area contributed by atoms with Gasteiger partial charge in [-0.25, -0.2) is 0 Å². The molecule has 0 bridgehead atoms. The lowest BCUT2D eigenvalue weighted by molar-refractivity contribution is -0.136. The first kappa shape index (κ1) is 13.9. The first-order valence-electron chi connectivity index (χ1n) is 6.89. The van der Waals surface area contributed by atoms with Gasteiger partial charge in [-0.1, -0.05) is 18.2 Å². The highest BCUT2D eigenvalue weighted by molar-refractivity contribution is 5.67. The number of anilines is 1. The van der Waals surface area contributed by atoms with Crippen molar-refractivity contribution in [1.82, 2.24) is 0 Å². The molecule has 4 nitrogen and oxygen atoms in total. The van der Waals surface area contributed by atoms with Crippen LogP contribution in [0.5, 0.6) is 0 Å². The van der Waals surface area contributed by atoms with Gasteiger partial charge in [0.05, 0.1) is 12.5 Å². The van der Waals surface area contributed by atoms with Crippen LogP contribution in [-0.2, 0) is 9.53 Å². The van der Waals surface area contributed by atoms with Crippen LogP contribution >= 0.6 is 0 Å². The van der Waals surface area contributed by atoms with Crippen molar-refractivity contribution in [2.45, 2.75) is 31.8 Å². The van der Waals surface area contributed by atoms with Gasteiger partial charge in [-0.3, -0.25) is 4.79 Å². The van der Waals surface area contributed by atoms with Crippen LogP contribution in [-0.4, -0.2) is 36.9 Å². The summed E-state index contributed by atoms with van der Waals surface area (Å²) in [5.74, 6) is -0.759. The van der Waals surface area contributed by atoms with Crippen molar-refractivity contribution in [3.05, 3.63) is 30.3 Å². The molecule has 0 radical (unpaired) electrons. The molecule has 0 aromatic heterocycles. The van der Waals surface area contributed by atoms with Crippen molar-refractivity contribution in [3.63, 3.8) is 0 Å². The Balaban J connectivity index is 1.98. The summed E-state index contributed by atoms with van der Waals surface area (Å²) in [6.45, 7) is 2.13. The number of nitrogens with zero attached hydrogens (tertiary/aromatic N) is 1. The van der Waals surface area contributed by atoms with Gasteiger partial charge in [0, 0.05) is 25.4 Å². The van der Waals surface area contributed by atoms with E-state index in [4.69, 9.17) is 9.84 Å². The normalized spacial score (nSPS) is 19.1. The second kappa shape index (κ2) is 7.14. The molecule has 1 aliphatic rings. The van der Waals surface area contributed by atoms with Gasteiger partial charge in [0.15, 0.2) is 0 Å². The minimum Gasteiger partial charge on any atom is -0.481 e. The monoisotopic (exact) mass is 263 g/mol. The van der Waals surface area contributed by atoms with Crippen molar-refractivity contribution in [3.8, 4) is 0 Å². The molecular weight excluding hydrogens is 242 g/mol. The Morgan fingerprint density at radius 2 is 2.11 bits per heavy atom. The van der Waals surface area contributed by atoms with Crippen LogP contribution in [0, 0.1) is 0 Å². The quantitative estimate of drug-likeness (QED) is 0.857. The van der Waals surface area contributed by atoms with E-state index in [1.165, 1.54) is 6.42 Å². The largest absolute Gasteiger partial charge is 0.481 e. The fourth-order valence-corrected chi connectivity index (χ4v) is 2.39. The SMILES string of the molecule is O=C(O)CCN(CC1CCCCO1)c1ccccc1. The average Bonchev–Trinajstić information content (AvgIpc) is 2.45. The molecule has 0 saturated carbocycles. The molecule has 104 valence electrons. The van der Waals surface area contributed by atoms with E-state index in [1.807, 2.05) is 30.3 Å². The molecule has 0 spiro atoms. The van der Waals surface area contributed by atoms with Crippen LogP contribution in [0.15, 0.2) is 30.3 Å². The van der Waals surface area contributed by atoms with Crippen LogP contribution in [0.25, 0.3) is 0 Å². The van der Waals surface area contributed by atoms with Gasteiger partial charge in [0.1, 0.15) is 0 Å². The van der Waals surface area contributed by atoms with E-state index in [0.717, 1.165) is 31.7 Å². The van der Waals surface area contributed by atoms with E-state index >= 15 is 0 Å². The molecule has 1 fully saturated rings. The minimum atomic E-state index is -0.759. The number of rotatable bonds is 6. The number of hydrogen-bond acceptors (Lipinski definition) is 3. The third-order valence-electron chi connectivity index (χ3n) is 3.41. The summed E-state index contributed by atoms with van der Waals surface area (Å²) in [5.41, 5.74) is 1.07. The Bertz CT molecular complexity index is 388. The van der Waals surface area contributed by atoms with Gasteiger partial charge >= 0.3 is 5.97 Å². The summed E-state index contributed by atoms with van der Waals surface area (Å²) >= 11 is 0. The first-order chi connectivity index (χ1) is 9.25. The second-order valence-corrected chi connectivity index (χ2v) is 4.91. The van der Waals surface area contributed by atoms with E-state index in [-0.39, 0.29) is 12.5 Å². The summed E-state index contributed by atoms with van der Waals surface area (Å²) in [4.78, 5) is 12.9. The zero-order chi connectivity index (χ0) is 13.5. The summed E-state index contributed by atoms with van der Waals surface area (Å²) < 4.78 is 5.75. The Morgan fingerprint density at radius 1 is 1.32 bits per heavy atom. The highest BCUT2D eigenvalue weighted by Crippen LogP contribution is 2.19. The average molecular weight is 263 g/mol. The lowest BCUT2D eigenvalue weighted by atomic mass is 10.1. The third-order valence-corrected chi connectivity index (χ3v) is 3.41. The molecule has 2 rings (SSSR count). The van der Waals surface area contributed by atoms with Crippen LogP contribution < -0.4 is 4.90 Å². The van der Waals surface area contributed by atoms with E-state index in [2.05, 4.69) is 4.90 Å². The van der Waals surface area contributed by atoms with Crippen LogP contribution in [0.1, 0.15) is 25.7 Å². The number of hydrogen-bond donors (Lipinski definition) is 1. The Kier molecular flexibility index (Phi) is 5.21. The van der Waals surface area contributed by atoms with Gasteiger partial charge in [-0.2, -0.15) is 0 Å². The molecule has 1 saturated heterocycles. The maximum atomic E-state index is 10.8. The Labute approximate surface area is 114 Å². The fourth-order valence-electron chi connectivity index (χ4n) is 2.39. The van der Waals surface area contributed by atoms with Crippen LogP contribution in [0.4, 0.5) is 5.69 Å². The minimum absolute atomic E-state index is 0.154. The molecule has 1 unspecified atom stereocenters. The van der Waals surface area contributed by atoms with Crippen molar-refractivity contribution in [2.24, 2.45) is 0 Å². The summed E-state index contributed by atoms with van der Waals surface area (Å²) in [6.07, 6.45) is 3.78. The zero-order valence-corrected chi connectivity index (χ0v) is 11.1. The van der Waals surface area contributed by atoms with Gasteiger partial charge in [0.25, 0.3) is 0 Å². The lowest BCUT2D eigenvalue weighted by Crippen LogP contribution is -2.37. The number of benzene rings is 1. The van der Waals surface area contributed by atoms with Gasteiger partial charge < -0.3 is 14.7 Å². The predicted molar refractivity (Wildman–Crippen MR) is 74.5 cm³/mol. The van der Waals surface area contributed by atoms with Gasteiger partial charge in [0.2, 0.25) is 0 Å². The number of para-hydroxylation sites is 1. The van der Waals surface area contributed by atoms with E-state index in [1.54, 1.807) is 0 Å². The number of carboxylic acid groups (broad SMARTS) is 1. The molecule has 19 heavy (non-hydrogen) atoms. The standard InChI is InChI=1S/C15H21NO3/c17-15(18)9-10-16(13-6-2-1-3-7-13)12-14-8-4-5-11-19-14/h1-3,6-7,14H,4-5,8-12H2,(H,17,18). The first-order valence-corrected chi connectivity index (χ1v) is 6.89. The molecule has 1 aromatic carbocycles. The molecule has 0 aliphatic carbocycles. The summed E-state index contributed by atoms with van der Waals surface area (Å²) in [7, 11) is 0. The fraction of sp³-hybridized carbons (Fsp3) is 0.533. The second-order valence-electron chi connectivity index (χ2n) is 4.91. The number of carboxylic acids is 1. The number of aliphatic carboxylic acids is 1. The lowest BCUT2D eigenvalue weighted by Gasteiger charge is -2.31. The Hall–Kier alpha value is -1.55. The molecular formula is C15H21NO3.